The summed E-state index contributed by atoms with van der Waals surface area (Å²) in [6, 6.07) is 0. The number of hydrogen-bond donors (Lipinski definition) is 3. The molecule has 0 aromatic carbocycles. The Morgan fingerprint density at radius 2 is 2.40 bits per heavy atom. The van der Waals surface area contributed by atoms with Gasteiger partial charge in [0, 0.05) is 6.21 Å². The third-order valence-corrected chi connectivity index (χ3v) is 0.919. The van der Waals surface area contributed by atoms with Gasteiger partial charge in [0.25, 0.3) is 0 Å². The molecule has 3 heteroatoms. The predicted octanol–water partition coefficient (Wildman–Crippen LogP) is 0.602. The van der Waals surface area contributed by atoms with Crippen LogP contribution in [-0.4, -0.2) is 12.9 Å². The summed E-state index contributed by atoms with van der Waals surface area (Å²) in [4.78, 5) is 0. The molecule has 0 aliphatic rings. The van der Waals surface area contributed by atoms with Crippen LogP contribution in [0.5, 0.6) is 0 Å². The molecule has 0 unspecified atom stereocenters. The standard InChI is InChI=1S/C7H13N3/c1-7(5-8)3-2-4-10-6-9/h2-5,8,10H,6,9H2,1H3/b4-2-,7-3+,8-5?. The van der Waals surface area contributed by atoms with Crippen molar-refractivity contribution in [1.29, 1.82) is 5.41 Å². The maximum Gasteiger partial charge on any atom is 0.0622 e. The van der Waals surface area contributed by atoms with E-state index in [4.69, 9.17) is 11.1 Å². The number of hydrogen-bond acceptors (Lipinski definition) is 3. The monoisotopic (exact) mass is 139 g/mol. The van der Waals surface area contributed by atoms with Crippen LogP contribution in [0.2, 0.25) is 0 Å². The molecule has 0 aromatic heterocycles. The molecule has 0 spiro atoms. The molecule has 4 N–H and O–H groups in total. The molecule has 0 rings (SSSR count). The van der Waals surface area contributed by atoms with E-state index in [-0.39, 0.29) is 0 Å². The molecular formula is C7H13N3. The van der Waals surface area contributed by atoms with Crippen molar-refractivity contribution in [2.45, 2.75) is 6.92 Å². The van der Waals surface area contributed by atoms with Crippen LogP contribution in [0.4, 0.5) is 0 Å². The molecule has 0 saturated carbocycles. The first-order chi connectivity index (χ1) is 4.81. The number of rotatable bonds is 4. The second kappa shape index (κ2) is 6.04. The van der Waals surface area contributed by atoms with Gasteiger partial charge < -0.3 is 16.5 Å². The van der Waals surface area contributed by atoms with Gasteiger partial charge in [0.2, 0.25) is 0 Å². The Labute approximate surface area is 61.1 Å². The number of nitrogens with one attached hydrogen (secondary N) is 2. The van der Waals surface area contributed by atoms with Gasteiger partial charge in [-0.1, -0.05) is 6.08 Å². The van der Waals surface area contributed by atoms with Crippen LogP contribution in [0.1, 0.15) is 6.92 Å². The van der Waals surface area contributed by atoms with Crippen molar-refractivity contribution in [3.05, 3.63) is 23.9 Å². The molecule has 3 nitrogen and oxygen atoms in total. The molecule has 0 aliphatic heterocycles. The topological polar surface area (TPSA) is 61.9 Å². The first-order valence-corrected chi connectivity index (χ1v) is 3.08. The molecule has 0 heterocycles. The molecule has 0 atom stereocenters. The van der Waals surface area contributed by atoms with Gasteiger partial charge in [-0.2, -0.15) is 0 Å². The zero-order chi connectivity index (χ0) is 7.82. The van der Waals surface area contributed by atoms with E-state index in [1.54, 1.807) is 6.20 Å². The lowest BCUT2D eigenvalue weighted by Gasteiger charge is -1.88. The van der Waals surface area contributed by atoms with Crippen molar-refractivity contribution < 1.29 is 0 Å². The minimum Gasteiger partial charge on any atom is -0.379 e. The molecule has 0 radical (unpaired) electrons. The highest BCUT2D eigenvalue weighted by molar-refractivity contribution is 5.75. The largest absolute Gasteiger partial charge is 0.379 e. The molecule has 0 bridgehead atoms. The zero-order valence-corrected chi connectivity index (χ0v) is 6.09. The third kappa shape index (κ3) is 5.05. The Hall–Kier alpha value is -1.09. The van der Waals surface area contributed by atoms with Gasteiger partial charge in [-0.25, -0.2) is 0 Å². The summed E-state index contributed by atoms with van der Waals surface area (Å²) in [5.41, 5.74) is 6.06. The normalized spacial score (nSPS) is 12.0. The lowest BCUT2D eigenvalue weighted by atomic mass is 10.3. The lowest BCUT2D eigenvalue weighted by molar-refractivity contribution is 0.884. The Kier molecular flexibility index (Phi) is 5.38. The van der Waals surface area contributed by atoms with Gasteiger partial charge >= 0.3 is 0 Å². The fourth-order valence-corrected chi connectivity index (χ4v) is 0.384. The van der Waals surface area contributed by atoms with Crippen molar-refractivity contribution in [2.75, 3.05) is 6.67 Å². The minimum atomic E-state index is 0.438. The fourth-order valence-electron chi connectivity index (χ4n) is 0.384. The van der Waals surface area contributed by atoms with Crippen LogP contribution in [0.25, 0.3) is 0 Å². The zero-order valence-electron chi connectivity index (χ0n) is 6.09. The van der Waals surface area contributed by atoms with Gasteiger partial charge in [-0.15, -0.1) is 0 Å². The summed E-state index contributed by atoms with van der Waals surface area (Å²) in [5, 5.41) is 9.62. The average molecular weight is 139 g/mol. The molecule has 0 aromatic rings. The molecular weight excluding hydrogens is 126 g/mol. The van der Waals surface area contributed by atoms with Crippen molar-refractivity contribution in [2.24, 2.45) is 5.73 Å². The highest BCUT2D eigenvalue weighted by atomic mass is 14.9. The second-order valence-electron chi connectivity index (χ2n) is 1.82. The highest BCUT2D eigenvalue weighted by Gasteiger charge is 1.73. The average Bonchev–Trinajstić information content (AvgIpc) is 1.98. The summed E-state index contributed by atoms with van der Waals surface area (Å²) in [6.45, 7) is 2.30. The Bertz CT molecular complexity index is 147. The maximum atomic E-state index is 6.82. The first kappa shape index (κ1) is 8.91. The van der Waals surface area contributed by atoms with Gasteiger partial charge in [-0.05, 0) is 24.8 Å². The van der Waals surface area contributed by atoms with Crippen LogP contribution in [0, 0.1) is 5.41 Å². The van der Waals surface area contributed by atoms with Gasteiger partial charge in [0.05, 0.1) is 6.67 Å². The van der Waals surface area contributed by atoms with E-state index >= 15 is 0 Å². The SMILES string of the molecule is C/C(C=N)=C\C=C/NCN. The number of allylic oxidation sites excluding steroid dienone is 3. The first-order valence-electron chi connectivity index (χ1n) is 3.08. The summed E-state index contributed by atoms with van der Waals surface area (Å²) >= 11 is 0. The quantitative estimate of drug-likeness (QED) is 0.303. The van der Waals surface area contributed by atoms with Crippen molar-refractivity contribution in [3.63, 3.8) is 0 Å². The van der Waals surface area contributed by atoms with E-state index in [1.807, 2.05) is 19.1 Å². The smallest absolute Gasteiger partial charge is 0.0622 e. The summed E-state index contributed by atoms with van der Waals surface area (Å²) in [7, 11) is 0. The van der Waals surface area contributed by atoms with E-state index in [1.165, 1.54) is 6.21 Å². The summed E-state index contributed by atoms with van der Waals surface area (Å²) < 4.78 is 0. The van der Waals surface area contributed by atoms with E-state index in [0.717, 1.165) is 5.57 Å². The summed E-state index contributed by atoms with van der Waals surface area (Å²) in [6.07, 6.45) is 6.68. The summed E-state index contributed by atoms with van der Waals surface area (Å²) in [5.74, 6) is 0. The Morgan fingerprint density at radius 3 is 2.90 bits per heavy atom. The molecule has 0 saturated heterocycles. The molecule has 0 amide bonds. The number of nitrogens with two attached hydrogens (primary N) is 1. The van der Waals surface area contributed by atoms with Crippen molar-refractivity contribution >= 4 is 6.21 Å². The third-order valence-electron chi connectivity index (χ3n) is 0.919. The fraction of sp³-hybridized carbons (Fsp3) is 0.286. The molecule has 10 heavy (non-hydrogen) atoms. The Balaban J connectivity index is 3.59. The minimum absolute atomic E-state index is 0.438. The van der Waals surface area contributed by atoms with E-state index in [9.17, 15) is 0 Å². The lowest BCUT2D eigenvalue weighted by Crippen LogP contribution is -2.15. The molecule has 56 valence electrons. The van der Waals surface area contributed by atoms with Crippen LogP contribution in [0.3, 0.4) is 0 Å². The van der Waals surface area contributed by atoms with E-state index in [2.05, 4.69) is 5.32 Å². The van der Waals surface area contributed by atoms with Crippen LogP contribution in [-0.2, 0) is 0 Å². The van der Waals surface area contributed by atoms with Crippen LogP contribution in [0.15, 0.2) is 23.9 Å². The predicted molar refractivity (Wildman–Crippen MR) is 43.9 cm³/mol. The molecule has 0 aliphatic carbocycles. The van der Waals surface area contributed by atoms with Gasteiger partial charge in [-0.3, -0.25) is 0 Å². The van der Waals surface area contributed by atoms with Gasteiger partial charge in [0.15, 0.2) is 0 Å². The Morgan fingerprint density at radius 1 is 1.70 bits per heavy atom. The van der Waals surface area contributed by atoms with E-state index in [0.29, 0.717) is 6.67 Å². The van der Waals surface area contributed by atoms with E-state index < -0.39 is 0 Å². The van der Waals surface area contributed by atoms with Gasteiger partial charge in [0.1, 0.15) is 0 Å². The van der Waals surface area contributed by atoms with Crippen LogP contribution < -0.4 is 11.1 Å². The van der Waals surface area contributed by atoms with Crippen molar-refractivity contribution in [3.8, 4) is 0 Å². The van der Waals surface area contributed by atoms with Crippen LogP contribution >= 0.6 is 0 Å². The second-order valence-corrected chi connectivity index (χ2v) is 1.82. The molecule has 0 fully saturated rings. The maximum absolute atomic E-state index is 6.82. The highest BCUT2D eigenvalue weighted by Crippen LogP contribution is 1.85. The van der Waals surface area contributed by atoms with Crippen molar-refractivity contribution in [1.82, 2.24) is 5.32 Å².